The van der Waals surface area contributed by atoms with Crippen LogP contribution >= 0.6 is 22.9 Å². The van der Waals surface area contributed by atoms with Gasteiger partial charge in [0.25, 0.3) is 0 Å². The van der Waals surface area contributed by atoms with Gasteiger partial charge in [-0.25, -0.2) is 0 Å². The molecular formula is C17H27ClN2S. The minimum absolute atomic E-state index is 0.215. The molecule has 2 aliphatic rings. The van der Waals surface area contributed by atoms with Crippen LogP contribution in [0.3, 0.4) is 0 Å². The number of rotatable bonds is 3. The third kappa shape index (κ3) is 4.01. The zero-order valence-corrected chi connectivity index (χ0v) is 14.8. The van der Waals surface area contributed by atoms with Crippen LogP contribution in [0.25, 0.3) is 0 Å². The molecular weight excluding hydrogens is 300 g/mol. The Labute approximate surface area is 137 Å². The summed E-state index contributed by atoms with van der Waals surface area (Å²) >= 11 is 7.84. The van der Waals surface area contributed by atoms with Crippen molar-refractivity contribution in [3.05, 3.63) is 21.3 Å². The first-order chi connectivity index (χ1) is 10.0. The van der Waals surface area contributed by atoms with E-state index in [1.165, 1.54) is 37.0 Å². The molecule has 0 radical (unpaired) electrons. The molecule has 118 valence electrons. The molecule has 21 heavy (non-hydrogen) atoms. The lowest BCUT2D eigenvalue weighted by Crippen LogP contribution is -2.63. The number of halogens is 1. The van der Waals surface area contributed by atoms with E-state index < -0.39 is 0 Å². The van der Waals surface area contributed by atoms with Gasteiger partial charge < -0.3 is 5.32 Å². The SMILES string of the molecule is CC1(C)CN(Cc2ccc(Cl)s2)C(C2CCCCC2)CN1. The summed E-state index contributed by atoms with van der Waals surface area (Å²) in [5, 5.41) is 3.76. The molecule has 4 heteroatoms. The molecule has 2 nitrogen and oxygen atoms in total. The van der Waals surface area contributed by atoms with E-state index in [1.54, 1.807) is 11.3 Å². The van der Waals surface area contributed by atoms with Crippen molar-refractivity contribution in [3.8, 4) is 0 Å². The van der Waals surface area contributed by atoms with Gasteiger partial charge in [0.1, 0.15) is 0 Å². The third-order valence-corrected chi connectivity index (χ3v) is 6.25. The van der Waals surface area contributed by atoms with Crippen LogP contribution in [0.2, 0.25) is 4.34 Å². The lowest BCUT2D eigenvalue weighted by molar-refractivity contribution is 0.0426. The topological polar surface area (TPSA) is 15.3 Å². The van der Waals surface area contributed by atoms with Crippen LogP contribution in [0.5, 0.6) is 0 Å². The molecule has 1 aromatic heterocycles. The summed E-state index contributed by atoms with van der Waals surface area (Å²) in [4.78, 5) is 4.12. The van der Waals surface area contributed by atoms with Gasteiger partial charge in [0.15, 0.2) is 0 Å². The summed E-state index contributed by atoms with van der Waals surface area (Å²) in [5.41, 5.74) is 0.215. The zero-order valence-electron chi connectivity index (χ0n) is 13.2. The molecule has 1 atom stereocenters. The van der Waals surface area contributed by atoms with E-state index in [0.29, 0.717) is 6.04 Å². The normalized spacial score (nSPS) is 27.9. The highest BCUT2D eigenvalue weighted by Crippen LogP contribution is 2.33. The van der Waals surface area contributed by atoms with Crippen molar-refractivity contribution in [2.24, 2.45) is 5.92 Å². The standard InChI is InChI=1S/C17H27ClN2S/c1-17(2)12-20(11-14-8-9-16(18)21-14)15(10-19-17)13-6-4-3-5-7-13/h8-9,13,15,19H,3-7,10-12H2,1-2H3. The molecule has 0 bridgehead atoms. The lowest BCUT2D eigenvalue weighted by atomic mass is 9.81. The molecule has 1 saturated heterocycles. The molecule has 3 rings (SSSR count). The van der Waals surface area contributed by atoms with Gasteiger partial charge in [0.2, 0.25) is 0 Å². The van der Waals surface area contributed by atoms with E-state index in [1.807, 2.05) is 6.07 Å². The van der Waals surface area contributed by atoms with Gasteiger partial charge in [0, 0.05) is 36.1 Å². The summed E-state index contributed by atoms with van der Waals surface area (Å²) in [6.07, 6.45) is 7.10. The largest absolute Gasteiger partial charge is 0.309 e. The Balaban J connectivity index is 1.73. The molecule has 1 aliphatic heterocycles. The van der Waals surface area contributed by atoms with Crippen LogP contribution in [0.15, 0.2) is 12.1 Å². The molecule has 0 amide bonds. The Hall–Kier alpha value is -0.0900. The fourth-order valence-corrected chi connectivity index (χ4v) is 5.10. The molecule has 1 aromatic rings. The van der Waals surface area contributed by atoms with Crippen molar-refractivity contribution in [3.63, 3.8) is 0 Å². The highest BCUT2D eigenvalue weighted by molar-refractivity contribution is 7.16. The minimum atomic E-state index is 0.215. The lowest BCUT2D eigenvalue weighted by Gasteiger charge is -2.48. The molecule has 2 fully saturated rings. The van der Waals surface area contributed by atoms with Crippen LogP contribution < -0.4 is 5.32 Å². The molecule has 1 unspecified atom stereocenters. The summed E-state index contributed by atoms with van der Waals surface area (Å²) in [6.45, 7) is 7.96. The average Bonchev–Trinajstić information content (AvgIpc) is 2.84. The van der Waals surface area contributed by atoms with E-state index in [9.17, 15) is 0 Å². The third-order valence-electron chi connectivity index (χ3n) is 5.04. The maximum atomic E-state index is 6.11. The van der Waals surface area contributed by atoms with Gasteiger partial charge in [-0.1, -0.05) is 30.9 Å². The number of hydrogen-bond acceptors (Lipinski definition) is 3. The molecule has 2 heterocycles. The van der Waals surface area contributed by atoms with Crippen molar-refractivity contribution in [1.29, 1.82) is 0 Å². The Morgan fingerprint density at radius 1 is 1.29 bits per heavy atom. The van der Waals surface area contributed by atoms with E-state index in [2.05, 4.69) is 30.1 Å². The summed E-state index contributed by atoms with van der Waals surface area (Å²) < 4.78 is 0.911. The maximum Gasteiger partial charge on any atom is 0.0931 e. The highest BCUT2D eigenvalue weighted by Gasteiger charge is 2.37. The first-order valence-corrected chi connectivity index (χ1v) is 9.46. The summed E-state index contributed by atoms with van der Waals surface area (Å²) in [6, 6.07) is 4.92. The maximum absolute atomic E-state index is 6.11. The van der Waals surface area contributed by atoms with Crippen molar-refractivity contribution in [2.75, 3.05) is 13.1 Å². The van der Waals surface area contributed by atoms with Crippen LogP contribution in [-0.2, 0) is 6.54 Å². The Morgan fingerprint density at radius 3 is 2.71 bits per heavy atom. The van der Waals surface area contributed by atoms with Gasteiger partial charge >= 0.3 is 0 Å². The van der Waals surface area contributed by atoms with Gasteiger partial charge in [-0.3, -0.25) is 4.90 Å². The van der Waals surface area contributed by atoms with E-state index in [0.717, 1.165) is 29.9 Å². The van der Waals surface area contributed by atoms with Crippen molar-refractivity contribution in [1.82, 2.24) is 10.2 Å². The van der Waals surface area contributed by atoms with Crippen LogP contribution in [-0.4, -0.2) is 29.6 Å². The second-order valence-electron chi connectivity index (χ2n) is 7.34. The molecule has 1 saturated carbocycles. The Bertz CT molecular complexity index is 465. The number of hydrogen-bond donors (Lipinski definition) is 1. The quantitative estimate of drug-likeness (QED) is 0.877. The Kier molecular flexibility index (Phi) is 4.94. The van der Waals surface area contributed by atoms with Gasteiger partial charge in [-0.2, -0.15) is 0 Å². The average molecular weight is 327 g/mol. The van der Waals surface area contributed by atoms with Crippen LogP contribution in [0, 0.1) is 5.92 Å². The van der Waals surface area contributed by atoms with Crippen LogP contribution in [0.1, 0.15) is 50.8 Å². The van der Waals surface area contributed by atoms with E-state index in [4.69, 9.17) is 11.6 Å². The van der Waals surface area contributed by atoms with Gasteiger partial charge in [0.05, 0.1) is 4.34 Å². The first-order valence-electron chi connectivity index (χ1n) is 8.27. The predicted molar refractivity (Wildman–Crippen MR) is 92.2 cm³/mol. The van der Waals surface area contributed by atoms with E-state index in [-0.39, 0.29) is 5.54 Å². The Morgan fingerprint density at radius 2 is 2.05 bits per heavy atom. The monoisotopic (exact) mass is 326 g/mol. The summed E-state index contributed by atoms with van der Waals surface area (Å²) in [7, 11) is 0. The number of piperazine rings is 1. The molecule has 1 N–H and O–H groups in total. The highest BCUT2D eigenvalue weighted by atomic mass is 35.5. The number of thiophene rings is 1. The van der Waals surface area contributed by atoms with Crippen molar-refractivity contribution >= 4 is 22.9 Å². The zero-order chi connectivity index (χ0) is 14.9. The van der Waals surface area contributed by atoms with Crippen molar-refractivity contribution < 1.29 is 0 Å². The fraction of sp³-hybridized carbons (Fsp3) is 0.765. The fourth-order valence-electron chi connectivity index (χ4n) is 3.98. The predicted octanol–water partition coefficient (Wildman–Crippen LogP) is 4.53. The minimum Gasteiger partial charge on any atom is -0.309 e. The van der Waals surface area contributed by atoms with Crippen molar-refractivity contribution in [2.45, 2.75) is 64.1 Å². The number of nitrogens with one attached hydrogen (secondary N) is 1. The smallest absolute Gasteiger partial charge is 0.0931 e. The molecule has 0 aromatic carbocycles. The number of nitrogens with zero attached hydrogens (tertiary/aromatic N) is 1. The second-order valence-corrected chi connectivity index (χ2v) is 9.14. The van der Waals surface area contributed by atoms with Crippen LogP contribution in [0.4, 0.5) is 0 Å². The van der Waals surface area contributed by atoms with E-state index >= 15 is 0 Å². The molecule has 0 spiro atoms. The molecule has 1 aliphatic carbocycles. The van der Waals surface area contributed by atoms with Gasteiger partial charge in [-0.05, 0) is 44.7 Å². The second kappa shape index (κ2) is 6.57. The first kappa shape index (κ1) is 15.8. The van der Waals surface area contributed by atoms with Gasteiger partial charge in [-0.15, -0.1) is 11.3 Å². The summed E-state index contributed by atoms with van der Waals surface area (Å²) in [5.74, 6) is 0.873.